The average molecular weight is 287 g/mol. The Balaban J connectivity index is 2.16. The monoisotopic (exact) mass is 287 g/mol. The highest BCUT2D eigenvalue weighted by atomic mass is 32.2. The first-order valence-electron chi connectivity index (χ1n) is 6.79. The van der Waals surface area contributed by atoms with E-state index >= 15 is 0 Å². The molecule has 0 aliphatic heterocycles. The maximum absolute atomic E-state index is 9.60. The van der Waals surface area contributed by atoms with Gasteiger partial charge >= 0.3 is 0 Å². The van der Waals surface area contributed by atoms with Crippen molar-refractivity contribution in [1.29, 1.82) is 0 Å². The molecular formula is C17H21NOS. The zero-order valence-corrected chi connectivity index (χ0v) is 13.2. The van der Waals surface area contributed by atoms with Crippen LogP contribution in [-0.4, -0.2) is 10.1 Å². The standard InChI is InChI=1S/C17H21NOS/c1-12(19)13-9-10-18-16(11-13)20-15-7-5-14(6-8-15)17(2,3)4/h5-12,19H,1-4H3/t12-/m0/s1. The molecule has 0 bridgehead atoms. The number of hydrogen-bond donors (Lipinski definition) is 1. The van der Waals surface area contributed by atoms with E-state index in [1.54, 1.807) is 24.9 Å². The molecule has 2 nitrogen and oxygen atoms in total. The van der Waals surface area contributed by atoms with E-state index in [-0.39, 0.29) is 5.41 Å². The molecule has 0 aliphatic carbocycles. The van der Waals surface area contributed by atoms with Gasteiger partial charge in [0.2, 0.25) is 0 Å². The summed E-state index contributed by atoms with van der Waals surface area (Å²) in [6.45, 7) is 8.40. The number of aliphatic hydroxyl groups excluding tert-OH is 1. The van der Waals surface area contributed by atoms with E-state index in [9.17, 15) is 5.11 Å². The summed E-state index contributed by atoms with van der Waals surface area (Å²) >= 11 is 1.62. The number of aromatic nitrogens is 1. The van der Waals surface area contributed by atoms with Gasteiger partial charge in [0.05, 0.1) is 6.10 Å². The number of aliphatic hydroxyl groups is 1. The molecule has 0 aliphatic rings. The minimum atomic E-state index is -0.458. The number of benzene rings is 1. The number of hydrogen-bond acceptors (Lipinski definition) is 3. The molecule has 20 heavy (non-hydrogen) atoms. The summed E-state index contributed by atoms with van der Waals surface area (Å²) in [5.41, 5.74) is 2.40. The Morgan fingerprint density at radius 2 is 1.75 bits per heavy atom. The quantitative estimate of drug-likeness (QED) is 0.896. The Kier molecular flexibility index (Phi) is 4.51. The van der Waals surface area contributed by atoms with Crippen LogP contribution in [0, 0.1) is 0 Å². The van der Waals surface area contributed by atoms with Crippen molar-refractivity contribution >= 4 is 11.8 Å². The molecular weight excluding hydrogens is 266 g/mol. The molecule has 1 aromatic carbocycles. The molecule has 0 amide bonds. The molecule has 1 heterocycles. The van der Waals surface area contributed by atoms with Crippen LogP contribution in [0.2, 0.25) is 0 Å². The first-order valence-corrected chi connectivity index (χ1v) is 7.60. The Labute approximate surface area is 125 Å². The van der Waals surface area contributed by atoms with Crippen molar-refractivity contribution in [2.75, 3.05) is 0 Å². The van der Waals surface area contributed by atoms with Crippen LogP contribution in [0.3, 0.4) is 0 Å². The first-order chi connectivity index (χ1) is 9.36. The van der Waals surface area contributed by atoms with E-state index in [1.165, 1.54) is 5.56 Å². The highest BCUT2D eigenvalue weighted by Crippen LogP contribution is 2.30. The van der Waals surface area contributed by atoms with E-state index in [0.717, 1.165) is 15.5 Å². The summed E-state index contributed by atoms with van der Waals surface area (Å²) in [6, 6.07) is 12.4. The Hall–Kier alpha value is -1.32. The van der Waals surface area contributed by atoms with Gasteiger partial charge in [-0.2, -0.15) is 0 Å². The second-order valence-electron chi connectivity index (χ2n) is 5.98. The third-order valence-electron chi connectivity index (χ3n) is 3.18. The molecule has 0 unspecified atom stereocenters. The van der Waals surface area contributed by atoms with Crippen LogP contribution in [0.15, 0.2) is 52.5 Å². The van der Waals surface area contributed by atoms with Crippen molar-refractivity contribution in [2.24, 2.45) is 0 Å². The van der Waals surface area contributed by atoms with Crippen molar-refractivity contribution in [3.63, 3.8) is 0 Å². The maximum Gasteiger partial charge on any atom is 0.101 e. The molecule has 1 N–H and O–H groups in total. The van der Waals surface area contributed by atoms with Crippen molar-refractivity contribution < 1.29 is 5.11 Å². The highest BCUT2D eigenvalue weighted by Gasteiger charge is 2.13. The van der Waals surface area contributed by atoms with Gasteiger partial charge in [-0.15, -0.1) is 0 Å². The Morgan fingerprint density at radius 3 is 2.30 bits per heavy atom. The topological polar surface area (TPSA) is 33.1 Å². The summed E-state index contributed by atoms with van der Waals surface area (Å²) < 4.78 is 0. The lowest BCUT2D eigenvalue weighted by atomic mass is 9.87. The van der Waals surface area contributed by atoms with Gasteiger partial charge in [-0.1, -0.05) is 44.7 Å². The van der Waals surface area contributed by atoms with Crippen LogP contribution in [0.4, 0.5) is 0 Å². The van der Waals surface area contributed by atoms with Gasteiger partial charge in [-0.05, 0) is 47.7 Å². The van der Waals surface area contributed by atoms with Gasteiger partial charge in [0, 0.05) is 11.1 Å². The third-order valence-corrected chi connectivity index (χ3v) is 4.12. The lowest BCUT2D eigenvalue weighted by Crippen LogP contribution is -2.10. The van der Waals surface area contributed by atoms with Gasteiger partial charge in [-0.3, -0.25) is 0 Å². The van der Waals surface area contributed by atoms with Crippen LogP contribution in [0.1, 0.15) is 44.9 Å². The van der Waals surface area contributed by atoms with E-state index in [4.69, 9.17) is 0 Å². The fraction of sp³-hybridized carbons (Fsp3) is 0.353. The summed E-state index contributed by atoms with van der Waals surface area (Å²) in [5.74, 6) is 0. The van der Waals surface area contributed by atoms with Crippen molar-refractivity contribution in [3.8, 4) is 0 Å². The van der Waals surface area contributed by atoms with E-state index in [2.05, 4.69) is 50.0 Å². The predicted octanol–water partition coefficient (Wildman–Crippen LogP) is 4.58. The smallest absolute Gasteiger partial charge is 0.101 e. The number of pyridine rings is 1. The largest absolute Gasteiger partial charge is 0.389 e. The summed E-state index contributed by atoms with van der Waals surface area (Å²) in [4.78, 5) is 5.50. The van der Waals surface area contributed by atoms with Crippen LogP contribution in [0.25, 0.3) is 0 Å². The van der Waals surface area contributed by atoms with Gasteiger partial charge in [0.25, 0.3) is 0 Å². The molecule has 2 rings (SSSR count). The molecule has 0 saturated carbocycles. The second kappa shape index (κ2) is 5.98. The Morgan fingerprint density at radius 1 is 1.10 bits per heavy atom. The average Bonchev–Trinajstić information content (AvgIpc) is 2.38. The first kappa shape index (κ1) is 15.1. The predicted molar refractivity (Wildman–Crippen MR) is 84.1 cm³/mol. The van der Waals surface area contributed by atoms with Gasteiger partial charge < -0.3 is 5.11 Å². The Bertz CT molecular complexity index is 570. The normalized spacial score (nSPS) is 13.2. The molecule has 106 valence electrons. The molecule has 1 atom stereocenters. The number of rotatable bonds is 3. The lowest BCUT2D eigenvalue weighted by Gasteiger charge is -2.19. The van der Waals surface area contributed by atoms with Gasteiger partial charge in [-0.25, -0.2) is 4.98 Å². The van der Waals surface area contributed by atoms with Crippen LogP contribution in [-0.2, 0) is 5.41 Å². The van der Waals surface area contributed by atoms with Gasteiger partial charge in [0.15, 0.2) is 0 Å². The molecule has 0 spiro atoms. The van der Waals surface area contributed by atoms with E-state index < -0.39 is 6.10 Å². The zero-order chi connectivity index (χ0) is 14.8. The van der Waals surface area contributed by atoms with Crippen LogP contribution in [0.5, 0.6) is 0 Å². The number of nitrogens with zero attached hydrogens (tertiary/aromatic N) is 1. The van der Waals surface area contributed by atoms with Crippen molar-refractivity contribution in [1.82, 2.24) is 4.98 Å². The van der Waals surface area contributed by atoms with Crippen molar-refractivity contribution in [2.45, 2.75) is 49.1 Å². The molecule has 0 saturated heterocycles. The fourth-order valence-electron chi connectivity index (χ4n) is 1.88. The lowest BCUT2D eigenvalue weighted by molar-refractivity contribution is 0.199. The maximum atomic E-state index is 9.60. The third kappa shape index (κ3) is 3.84. The van der Waals surface area contributed by atoms with Crippen LogP contribution >= 0.6 is 11.8 Å². The SMILES string of the molecule is C[C@H](O)c1ccnc(Sc2ccc(C(C)(C)C)cc2)c1. The minimum Gasteiger partial charge on any atom is -0.389 e. The summed E-state index contributed by atoms with van der Waals surface area (Å²) in [5, 5.41) is 10.5. The van der Waals surface area contributed by atoms with Crippen LogP contribution < -0.4 is 0 Å². The molecule has 1 aromatic heterocycles. The van der Waals surface area contributed by atoms with E-state index in [1.807, 2.05) is 12.1 Å². The molecule has 0 radical (unpaired) electrons. The molecule has 3 heteroatoms. The van der Waals surface area contributed by atoms with Gasteiger partial charge in [0.1, 0.15) is 5.03 Å². The summed E-state index contributed by atoms with van der Waals surface area (Å²) in [6.07, 6.45) is 1.29. The second-order valence-corrected chi connectivity index (χ2v) is 7.07. The fourth-order valence-corrected chi connectivity index (χ4v) is 2.71. The highest BCUT2D eigenvalue weighted by molar-refractivity contribution is 7.99. The zero-order valence-electron chi connectivity index (χ0n) is 12.4. The molecule has 2 aromatic rings. The van der Waals surface area contributed by atoms with Crippen molar-refractivity contribution in [3.05, 3.63) is 53.7 Å². The molecule has 0 fully saturated rings. The van der Waals surface area contributed by atoms with E-state index in [0.29, 0.717) is 0 Å². The minimum absolute atomic E-state index is 0.174. The summed E-state index contributed by atoms with van der Waals surface area (Å²) in [7, 11) is 0.